The highest BCUT2D eigenvalue weighted by Gasteiger charge is 2.06. The van der Waals surface area contributed by atoms with Crippen molar-refractivity contribution in [3.8, 4) is 5.75 Å². The zero-order valence-electron chi connectivity index (χ0n) is 12.0. The molecular weight excluding hydrogens is 280 g/mol. The van der Waals surface area contributed by atoms with Crippen LogP contribution >= 0.6 is 0 Å². The topological polar surface area (TPSA) is 58.6 Å². The van der Waals surface area contributed by atoms with E-state index in [1.165, 1.54) is 12.1 Å². The van der Waals surface area contributed by atoms with Crippen LogP contribution in [0, 0.1) is 5.92 Å². The molecule has 0 aliphatic rings. The molecule has 0 spiro atoms. The number of ether oxygens (including phenoxy) is 1. The van der Waals surface area contributed by atoms with E-state index in [0.29, 0.717) is 6.54 Å². The average molecular weight is 301 g/mol. The molecule has 0 aliphatic heterocycles. The van der Waals surface area contributed by atoms with E-state index < -0.39 is 6.61 Å². The predicted molar refractivity (Wildman–Crippen MR) is 75.3 cm³/mol. The van der Waals surface area contributed by atoms with Crippen LogP contribution in [0.25, 0.3) is 0 Å². The number of amides is 1. The standard InChI is InChI=1S/C15H21F2NO3/c1-11(10-19)3-2-8-18-14(20)9-12-4-6-13(7-5-12)21-15(16)17/h4-7,11,15,19H,2-3,8-10H2,1H3,(H,18,20). The van der Waals surface area contributed by atoms with Crippen LogP contribution in [0.4, 0.5) is 8.78 Å². The van der Waals surface area contributed by atoms with Crippen molar-refractivity contribution in [1.82, 2.24) is 5.32 Å². The zero-order chi connectivity index (χ0) is 15.7. The van der Waals surface area contributed by atoms with Crippen molar-refractivity contribution < 1.29 is 23.4 Å². The fourth-order valence-electron chi connectivity index (χ4n) is 1.81. The van der Waals surface area contributed by atoms with E-state index >= 15 is 0 Å². The van der Waals surface area contributed by atoms with Crippen LogP contribution in [0.1, 0.15) is 25.3 Å². The summed E-state index contributed by atoms with van der Waals surface area (Å²) in [5.41, 5.74) is 0.734. The van der Waals surface area contributed by atoms with Gasteiger partial charge < -0.3 is 15.2 Å². The Morgan fingerprint density at radius 1 is 1.33 bits per heavy atom. The summed E-state index contributed by atoms with van der Waals surface area (Å²) in [5, 5.41) is 11.7. The number of hydrogen-bond donors (Lipinski definition) is 2. The molecule has 0 aromatic heterocycles. The normalized spacial score (nSPS) is 12.2. The molecule has 1 aromatic rings. The first-order valence-electron chi connectivity index (χ1n) is 6.92. The Morgan fingerprint density at radius 2 is 2.00 bits per heavy atom. The van der Waals surface area contributed by atoms with Gasteiger partial charge in [0.1, 0.15) is 5.75 Å². The molecule has 1 rings (SSSR count). The third-order valence-corrected chi connectivity index (χ3v) is 3.02. The molecule has 2 N–H and O–H groups in total. The molecule has 6 heteroatoms. The van der Waals surface area contributed by atoms with Crippen molar-refractivity contribution in [3.05, 3.63) is 29.8 Å². The van der Waals surface area contributed by atoms with Gasteiger partial charge in [-0.25, -0.2) is 0 Å². The Hall–Kier alpha value is -1.69. The third-order valence-electron chi connectivity index (χ3n) is 3.02. The molecular formula is C15H21F2NO3. The Labute approximate surface area is 123 Å². The van der Waals surface area contributed by atoms with Gasteiger partial charge in [0, 0.05) is 13.2 Å². The second kappa shape index (κ2) is 9.28. The van der Waals surface area contributed by atoms with E-state index in [4.69, 9.17) is 5.11 Å². The molecule has 0 radical (unpaired) electrons. The van der Waals surface area contributed by atoms with Gasteiger partial charge in [0.05, 0.1) is 6.42 Å². The molecule has 118 valence electrons. The molecule has 0 saturated carbocycles. The maximum atomic E-state index is 12.0. The second-order valence-corrected chi connectivity index (χ2v) is 4.98. The number of alkyl halides is 2. The van der Waals surface area contributed by atoms with Crippen molar-refractivity contribution in [2.45, 2.75) is 32.8 Å². The first-order chi connectivity index (χ1) is 10.0. The Kier molecular flexibility index (Phi) is 7.68. The van der Waals surface area contributed by atoms with Gasteiger partial charge in [-0.05, 0) is 36.5 Å². The summed E-state index contributed by atoms with van der Waals surface area (Å²) in [4.78, 5) is 11.7. The molecule has 0 bridgehead atoms. The number of carbonyl (C=O) groups excluding carboxylic acids is 1. The van der Waals surface area contributed by atoms with E-state index in [1.54, 1.807) is 12.1 Å². The smallest absolute Gasteiger partial charge is 0.387 e. The minimum atomic E-state index is -2.85. The quantitative estimate of drug-likeness (QED) is 0.688. The van der Waals surface area contributed by atoms with Crippen molar-refractivity contribution in [1.29, 1.82) is 0 Å². The monoisotopic (exact) mass is 301 g/mol. The molecule has 0 heterocycles. The van der Waals surface area contributed by atoms with E-state index in [-0.39, 0.29) is 30.6 Å². The van der Waals surface area contributed by atoms with Crippen LogP contribution in [0.15, 0.2) is 24.3 Å². The Bertz CT molecular complexity index is 423. The molecule has 1 unspecified atom stereocenters. The third kappa shape index (κ3) is 7.60. The van der Waals surface area contributed by atoms with E-state index in [9.17, 15) is 13.6 Å². The Balaban J connectivity index is 2.28. The number of aliphatic hydroxyl groups excluding tert-OH is 1. The number of halogens is 2. The SMILES string of the molecule is CC(CO)CCCNC(=O)Cc1ccc(OC(F)F)cc1. The lowest BCUT2D eigenvalue weighted by Gasteiger charge is -2.09. The molecule has 0 saturated heterocycles. The predicted octanol–water partition coefficient (Wildman–Crippen LogP) is 2.36. The van der Waals surface area contributed by atoms with Crippen LogP contribution in [0.5, 0.6) is 5.75 Å². The lowest BCUT2D eigenvalue weighted by Crippen LogP contribution is -2.26. The van der Waals surface area contributed by atoms with Gasteiger partial charge in [-0.3, -0.25) is 4.79 Å². The fraction of sp³-hybridized carbons (Fsp3) is 0.533. The van der Waals surface area contributed by atoms with E-state index in [1.807, 2.05) is 6.92 Å². The maximum Gasteiger partial charge on any atom is 0.387 e. The minimum Gasteiger partial charge on any atom is -0.435 e. The van der Waals surface area contributed by atoms with E-state index in [0.717, 1.165) is 18.4 Å². The number of nitrogens with one attached hydrogen (secondary N) is 1. The minimum absolute atomic E-state index is 0.0761. The van der Waals surface area contributed by atoms with Crippen LogP contribution in [0.3, 0.4) is 0 Å². The van der Waals surface area contributed by atoms with Gasteiger partial charge in [-0.15, -0.1) is 0 Å². The summed E-state index contributed by atoms with van der Waals surface area (Å²) >= 11 is 0. The summed E-state index contributed by atoms with van der Waals surface area (Å²) in [6.07, 6.45) is 1.87. The van der Waals surface area contributed by atoms with Crippen LogP contribution < -0.4 is 10.1 Å². The highest BCUT2D eigenvalue weighted by molar-refractivity contribution is 5.78. The maximum absolute atomic E-state index is 12.0. The van der Waals surface area contributed by atoms with Gasteiger partial charge in [0.25, 0.3) is 0 Å². The van der Waals surface area contributed by atoms with Crippen molar-refractivity contribution >= 4 is 5.91 Å². The molecule has 0 aliphatic carbocycles. The summed E-state index contributed by atoms with van der Waals surface area (Å²) in [6.45, 7) is -0.179. The summed E-state index contributed by atoms with van der Waals surface area (Å²) in [5.74, 6) is 0.200. The Morgan fingerprint density at radius 3 is 2.57 bits per heavy atom. The molecule has 1 aromatic carbocycles. The summed E-state index contributed by atoms with van der Waals surface area (Å²) in [6, 6.07) is 6.01. The van der Waals surface area contributed by atoms with Crippen molar-refractivity contribution in [2.75, 3.05) is 13.2 Å². The van der Waals surface area contributed by atoms with Gasteiger partial charge in [-0.1, -0.05) is 19.1 Å². The zero-order valence-corrected chi connectivity index (χ0v) is 12.0. The molecule has 1 amide bonds. The van der Waals surface area contributed by atoms with Crippen LogP contribution in [-0.4, -0.2) is 30.8 Å². The lowest BCUT2D eigenvalue weighted by atomic mass is 10.1. The number of benzene rings is 1. The van der Waals surface area contributed by atoms with Crippen molar-refractivity contribution in [2.24, 2.45) is 5.92 Å². The van der Waals surface area contributed by atoms with E-state index in [2.05, 4.69) is 10.1 Å². The number of rotatable bonds is 9. The molecule has 1 atom stereocenters. The first-order valence-corrected chi connectivity index (χ1v) is 6.92. The fourth-order valence-corrected chi connectivity index (χ4v) is 1.81. The number of hydrogen-bond acceptors (Lipinski definition) is 3. The van der Waals surface area contributed by atoms with Crippen molar-refractivity contribution in [3.63, 3.8) is 0 Å². The average Bonchev–Trinajstić information content (AvgIpc) is 2.45. The molecule has 21 heavy (non-hydrogen) atoms. The number of aliphatic hydroxyl groups is 1. The van der Waals surface area contributed by atoms with Crippen LogP contribution in [0.2, 0.25) is 0 Å². The largest absolute Gasteiger partial charge is 0.435 e. The van der Waals surface area contributed by atoms with Gasteiger partial charge in [0.2, 0.25) is 5.91 Å². The highest BCUT2D eigenvalue weighted by Crippen LogP contribution is 2.15. The lowest BCUT2D eigenvalue weighted by molar-refractivity contribution is -0.120. The van der Waals surface area contributed by atoms with Crippen LogP contribution in [-0.2, 0) is 11.2 Å². The van der Waals surface area contributed by atoms with Gasteiger partial charge >= 0.3 is 6.61 Å². The second-order valence-electron chi connectivity index (χ2n) is 4.98. The summed E-state index contributed by atoms with van der Waals surface area (Å²) < 4.78 is 28.2. The number of carbonyl (C=O) groups is 1. The summed E-state index contributed by atoms with van der Waals surface area (Å²) in [7, 11) is 0. The molecule has 4 nitrogen and oxygen atoms in total. The highest BCUT2D eigenvalue weighted by atomic mass is 19.3. The molecule has 0 fully saturated rings. The van der Waals surface area contributed by atoms with Gasteiger partial charge in [0.15, 0.2) is 0 Å². The van der Waals surface area contributed by atoms with Gasteiger partial charge in [-0.2, -0.15) is 8.78 Å². The first kappa shape index (κ1) is 17.4.